The molecular formula is C22H22N4OS. The van der Waals surface area contributed by atoms with Gasteiger partial charge in [-0.1, -0.05) is 12.1 Å². The largest absolute Gasteiger partial charge is 0.497 e. The number of benzene rings is 1. The van der Waals surface area contributed by atoms with Crippen LogP contribution in [0, 0.1) is 6.92 Å². The van der Waals surface area contributed by atoms with E-state index in [1.165, 1.54) is 5.56 Å². The van der Waals surface area contributed by atoms with E-state index in [4.69, 9.17) is 9.72 Å². The summed E-state index contributed by atoms with van der Waals surface area (Å²) in [4.78, 5) is 16.8. The van der Waals surface area contributed by atoms with Crippen LogP contribution >= 0.6 is 11.3 Å². The quantitative estimate of drug-likeness (QED) is 0.476. The van der Waals surface area contributed by atoms with Crippen molar-refractivity contribution in [2.75, 3.05) is 25.6 Å². The number of aromatic nitrogens is 3. The molecule has 0 aliphatic rings. The molecule has 0 radical (unpaired) electrons. The lowest BCUT2D eigenvalue weighted by atomic mass is 10.1. The number of thiophene rings is 1. The number of rotatable bonds is 6. The Morgan fingerprint density at radius 3 is 2.50 bits per heavy atom. The number of nitrogens with zero attached hydrogens (tertiary/aromatic N) is 4. The normalized spacial score (nSPS) is 11.0. The highest BCUT2D eigenvalue weighted by atomic mass is 32.1. The molecule has 6 heteroatoms. The average molecular weight is 391 g/mol. The standard InChI is InChI=1S/C22H22N4OS/c1-15-24-21(26(2)13-10-16-8-11-23-12-9-16)20-19(14-28-22(20)25-15)17-4-6-18(27-3)7-5-17/h4-9,11-12,14H,10,13H2,1-3H3. The topological polar surface area (TPSA) is 51.1 Å². The SMILES string of the molecule is COc1ccc(-c2csc3nc(C)nc(N(C)CCc4ccncc4)c23)cc1. The lowest BCUT2D eigenvalue weighted by Gasteiger charge is -2.20. The van der Waals surface area contributed by atoms with Crippen LogP contribution in [0.25, 0.3) is 21.3 Å². The number of fused-ring (bicyclic) bond motifs is 1. The van der Waals surface area contributed by atoms with E-state index < -0.39 is 0 Å². The fraction of sp³-hybridized carbons (Fsp3) is 0.227. The highest BCUT2D eigenvalue weighted by Crippen LogP contribution is 2.38. The first-order chi connectivity index (χ1) is 13.7. The van der Waals surface area contributed by atoms with Gasteiger partial charge in [-0.15, -0.1) is 11.3 Å². The molecule has 0 fully saturated rings. The molecule has 5 nitrogen and oxygen atoms in total. The molecule has 3 heterocycles. The van der Waals surface area contributed by atoms with Gasteiger partial charge in [0.05, 0.1) is 12.5 Å². The molecule has 0 unspecified atom stereocenters. The molecule has 0 saturated carbocycles. The van der Waals surface area contributed by atoms with Crippen molar-refractivity contribution in [3.8, 4) is 16.9 Å². The van der Waals surface area contributed by atoms with Crippen LogP contribution in [0.1, 0.15) is 11.4 Å². The Kier molecular flexibility index (Phi) is 5.21. The second-order valence-electron chi connectivity index (χ2n) is 6.68. The van der Waals surface area contributed by atoms with Crippen molar-refractivity contribution in [2.45, 2.75) is 13.3 Å². The van der Waals surface area contributed by atoms with Gasteiger partial charge in [-0.3, -0.25) is 4.98 Å². The molecule has 0 atom stereocenters. The summed E-state index contributed by atoms with van der Waals surface area (Å²) in [6.45, 7) is 2.82. The summed E-state index contributed by atoms with van der Waals surface area (Å²) < 4.78 is 5.29. The zero-order valence-corrected chi connectivity index (χ0v) is 17.0. The molecule has 28 heavy (non-hydrogen) atoms. The Balaban J connectivity index is 1.71. The van der Waals surface area contributed by atoms with Gasteiger partial charge < -0.3 is 9.64 Å². The molecule has 0 aliphatic carbocycles. The van der Waals surface area contributed by atoms with Crippen molar-refractivity contribution in [3.05, 3.63) is 65.6 Å². The number of likely N-dealkylation sites (N-methyl/N-ethyl adjacent to an activating group) is 1. The summed E-state index contributed by atoms with van der Waals surface area (Å²) in [7, 11) is 3.78. The van der Waals surface area contributed by atoms with Crippen LogP contribution in [-0.2, 0) is 6.42 Å². The van der Waals surface area contributed by atoms with Crippen molar-refractivity contribution in [3.63, 3.8) is 0 Å². The number of hydrogen-bond acceptors (Lipinski definition) is 6. The van der Waals surface area contributed by atoms with Gasteiger partial charge >= 0.3 is 0 Å². The van der Waals surface area contributed by atoms with Crippen LogP contribution in [-0.4, -0.2) is 35.7 Å². The van der Waals surface area contributed by atoms with E-state index in [0.29, 0.717) is 0 Å². The molecule has 0 spiro atoms. The molecule has 0 saturated heterocycles. The van der Waals surface area contributed by atoms with E-state index in [1.54, 1.807) is 18.4 Å². The van der Waals surface area contributed by atoms with Gasteiger partial charge in [-0.25, -0.2) is 9.97 Å². The Morgan fingerprint density at radius 1 is 1.04 bits per heavy atom. The highest BCUT2D eigenvalue weighted by molar-refractivity contribution is 7.17. The number of anilines is 1. The molecule has 0 N–H and O–H groups in total. The summed E-state index contributed by atoms with van der Waals surface area (Å²) in [5, 5.41) is 3.28. The van der Waals surface area contributed by atoms with E-state index in [-0.39, 0.29) is 0 Å². The maximum atomic E-state index is 5.29. The van der Waals surface area contributed by atoms with Crippen LogP contribution in [0.3, 0.4) is 0 Å². The Morgan fingerprint density at radius 2 is 1.79 bits per heavy atom. The number of pyridine rings is 1. The molecular weight excluding hydrogens is 368 g/mol. The fourth-order valence-corrected chi connectivity index (χ4v) is 4.23. The minimum Gasteiger partial charge on any atom is -0.497 e. The van der Waals surface area contributed by atoms with E-state index in [1.807, 2.05) is 31.5 Å². The molecule has 1 aromatic carbocycles. The Labute approximate surface area is 168 Å². The van der Waals surface area contributed by atoms with Gasteiger partial charge in [0.25, 0.3) is 0 Å². The van der Waals surface area contributed by atoms with Gasteiger partial charge in [0.1, 0.15) is 22.2 Å². The minimum atomic E-state index is 0.793. The average Bonchev–Trinajstić information content (AvgIpc) is 3.16. The minimum absolute atomic E-state index is 0.793. The maximum absolute atomic E-state index is 5.29. The summed E-state index contributed by atoms with van der Waals surface area (Å²) in [5.74, 6) is 2.62. The number of hydrogen-bond donors (Lipinski definition) is 0. The van der Waals surface area contributed by atoms with Crippen LogP contribution in [0.2, 0.25) is 0 Å². The first-order valence-corrected chi connectivity index (χ1v) is 10.0. The fourth-order valence-electron chi connectivity index (χ4n) is 3.24. The summed E-state index contributed by atoms with van der Waals surface area (Å²) >= 11 is 1.66. The first kappa shape index (κ1) is 18.4. The third-order valence-electron chi connectivity index (χ3n) is 4.77. The Hall–Kier alpha value is -2.99. The second-order valence-corrected chi connectivity index (χ2v) is 7.54. The van der Waals surface area contributed by atoms with Gasteiger partial charge in [0.2, 0.25) is 0 Å². The lowest BCUT2D eigenvalue weighted by Crippen LogP contribution is -2.22. The molecule has 0 aliphatic heterocycles. The zero-order valence-electron chi connectivity index (χ0n) is 16.2. The predicted octanol–water partition coefficient (Wildman–Crippen LogP) is 4.75. The lowest BCUT2D eigenvalue weighted by molar-refractivity contribution is 0.415. The summed E-state index contributed by atoms with van der Waals surface area (Å²) in [6.07, 6.45) is 4.61. The molecule has 0 bridgehead atoms. The molecule has 4 rings (SSSR count). The van der Waals surface area contributed by atoms with E-state index >= 15 is 0 Å². The van der Waals surface area contributed by atoms with E-state index in [2.05, 4.69) is 51.6 Å². The van der Waals surface area contributed by atoms with Crippen LogP contribution < -0.4 is 9.64 Å². The molecule has 0 amide bonds. The van der Waals surface area contributed by atoms with Gasteiger partial charge in [0.15, 0.2) is 0 Å². The van der Waals surface area contributed by atoms with Crippen molar-refractivity contribution in [1.82, 2.24) is 15.0 Å². The third-order valence-corrected chi connectivity index (χ3v) is 5.65. The number of aryl methyl sites for hydroxylation is 1. The zero-order chi connectivity index (χ0) is 19.5. The van der Waals surface area contributed by atoms with Crippen LogP contribution in [0.5, 0.6) is 5.75 Å². The monoisotopic (exact) mass is 390 g/mol. The van der Waals surface area contributed by atoms with Crippen molar-refractivity contribution < 1.29 is 4.74 Å². The predicted molar refractivity (Wildman–Crippen MR) is 115 cm³/mol. The smallest absolute Gasteiger partial charge is 0.141 e. The van der Waals surface area contributed by atoms with Gasteiger partial charge in [-0.05, 0) is 48.7 Å². The Bertz CT molecular complexity index is 1080. The van der Waals surface area contributed by atoms with Crippen LogP contribution in [0.4, 0.5) is 5.82 Å². The van der Waals surface area contributed by atoms with Crippen molar-refractivity contribution >= 4 is 27.4 Å². The van der Waals surface area contributed by atoms with Crippen LogP contribution in [0.15, 0.2) is 54.2 Å². The third kappa shape index (κ3) is 3.68. The molecule has 142 valence electrons. The second kappa shape index (κ2) is 7.94. The summed E-state index contributed by atoms with van der Waals surface area (Å²) in [6, 6.07) is 12.3. The van der Waals surface area contributed by atoms with Crippen molar-refractivity contribution in [1.29, 1.82) is 0 Å². The van der Waals surface area contributed by atoms with Crippen molar-refractivity contribution in [2.24, 2.45) is 0 Å². The number of methoxy groups -OCH3 is 1. The molecule has 3 aromatic heterocycles. The highest BCUT2D eigenvalue weighted by Gasteiger charge is 2.17. The molecule has 4 aromatic rings. The first-order valence-electron chi connectivity index (χ1n) is 9.16. The maximum Gasteiger partial charge on any atom is 0.141 e. The van der Waals surface area contributed by atoms with E-state index in [9.17, 15) is 0 Å². The van der Waals surface area contributed by atoms with Gasteiger partial charge in [0, 0.05) is 36.9 Å². The van der Waals surface area contributed by atoms with E-state index in [0.717, 1.165) is 51.7 Å². The van der Waals surface area contributed by atoms with Gasteiger partial charge in [-0.2, -0.15) is 0 Å². The summed E-state index contributed by atoms with van der Waals surface area (Å²) in [5.41, 5.74) is 3.57. The number of ether oxygens (including phenoxy) is 1.